The topological polar surface area (TPSA) is 43.9 Å². The van der Waals surface area contributed by atoms with Crippen LogP contribution in [0.2, 0.25) is 0 Å². The first-order valence-corrected chi connectivity index (χ1v) is 8.82. The maximum absolute atomic E-state index is 12.8. The number of likely N-dealkylation sites (tertiary alicyclic amines) is 1. The van der Waals surface area contributed by atoms with Gasteiger partial charge in [-0.05, 0) is 43.0 Å². The average molecular weight is 329 g/mol. The molecule has 0 saturated carbocycles. The quantitative estimate of drug-likeness (QED) is 0.855. The van der Waals surface area contributed by atoms with Gasteiger partial charge >= 0.3 is 0 Å². The Morgan fingerprint density at radius 3 is 2.50 bits per heavy atom. The molecule has 5 nitrogen and oxygen atoms in total. The highest BCUT2D eigenvalue weighted by molar-refractivity contribution is 6.00. The van der Waals surface area contributed by atoms with E-state index in [1.807, 2.05) is 48.2 Å². The van der Waals surface area contributed by atoms with E-state index in [2.05, 4.69) is 6.92 Å². The highest BCUT2D eigenvalue weighted by atomic mass is 16.2. The Balaban J connectivity index is 1.67. The van der Waals surface area contributed by atoms with Gasteiger partial charge in [-0.2, -0.15) is 0 Å². The monoisotopic (exact) mass is 329 g/mol. The molecule has 0 radical (unpaired) electrons. The highest BCUT2D eigenvalue weighted by Crippen LogP contribution is 2.29. The number of nitrogens with zero attached hydrogens (tertiary/aromatic N) is 3. The number of amides is 2. The highest BCUT2D eigenvalue weighted by Gasteiger charge is 2.37. The number of piperidine rings is 1. The molecule has 130 valence electrons. The average Bonchev–Trinajstić information content (AvgIpc) is 2.96. The Morgan fingerprint density at radius 1 is 1.17 bits per heavy atom. The summed E-state index contributed by atoms with van der Waals surface area (Å²) in [5, 5.41) is 0. The molecular weight excluding hydrogens is 302 g/mol. The summed E-state index contributed by atoms with van der Waals surface area (Å²) in [6.45, 7) is 4.37. The maximum atomic E-state index is 12.8. The predicted octanol–water partition coefficient (Wildman–Crippen LogP) is 2.36. The smallest absolute Gasteiger partial charge is 0.228 e. The van der Waals surface area contributed by atoms with Crippen molar-refractivity contribution < 1.29 is 9.59 Å². The summed E-state index contributed by atoms with van der Waals surface area (Å²) in [4.78, 5) is 30.9. The van der Waals surface area contributed by atoms with Crippen LogP contribution in [-0.2, 0) is 9.59 Å². The van der Waals surface area contributed by atoms with Crippen LogP contribution in [0.1, 0.15) is 26.2 Å². The summed E-state index contributed by atoms with van der Waals surface area (Å²) in [7, 11) is 3.98. The molecule has 2 aliphatic heterocycles. The van der Waals surface area contributed by atoms with Gasteiger partial charge in [-0.3, -0.25) is 9.59 Å². The molecule has 0 aliphatic carbocycles. The van der Waals surface area contributed by atoms with Crippen molar-refractivity contribution in [1.82, 2.24) is 4.90 Å². The van der Waals surface area contributed by atoms with E-state index in [1.54, 1.807) is 4.90 Å². The lowest BCUT2D eigenvalue weighted by Crippen LogP contribution is -2.43. The van der Waals surface area contributed by atoms with E-state index in [9.17, 15) is 9.59 Å². The van der Waals surface area contributed by atoms with E-state index in [4.69, 9.17) is 0 Å². The Bertz CT molecular complexity index is 612. The summed E-state index contributed by atoms with van der Waals surface area (Å²) >= 11 is 0. The minimum atomic E-state index is -0.198. The second-order valence-electron chi connectivity index (χ2n) is 7.35. The van der Waals surface area contributed by atoms with Gasteiger partial charge in [0.1, 0.15) is 0 Å². The first kappa shape index (κ1) is 16.8. The molecule has 1 aromatic rings. The van der Waals surface area contributed by atoms with Crippen LogP contribution >= 0.6 is 0 Å². The molecule has 2 atom stereocenters. The van der Waals surface area contributed by atoms with Gasteiger partial charge < -0.3 is 14.7 Å². The Hall–Kier alpha value is -2.04. The zero-order valence-electron chi connectivity index (χ0n) is 14.9. The molecule has 2 heterocycles. The van der Waals surface area contributed by atoms with E-state index in [-0.39, 0.29) is 17.7 Å². The van der Waals surface area contributed by atoms with Crippen LogP contribution in [0, 0.1) is 11.8 Å². The Kier molecular flexibility index (Phi) is 4.78. The van der Waals surface area contributed by atoms with Crippen molar-refractivity contribution in [1.29, 1.82) is 0 Å². The SMILES string of the molecule is CC1CCCN(C(=O)C2CC(=O)N(c3ccc(N(C)C)cc3)C2)C1. The third kappa shape index (κ3) is 3.40. The molecule has 2 unspecified atom stereocenters. The van der Waals surface area contributed by atoms with E-state index in [1.165, 1.54) is 6.42 Å². The van der Waals surface area contributed by atoms with E-state index in [0.29, 0.717) is 18.9 Å². The second kappa shape index (κ2) is 6.83. The number of anilines is 2. The molecule has 0 spiro atoms. The van der Waals surface area contributed by atoms with Crippen LogP contribution in [0.4, 0.5) is 11.4 Å². The number of carbonyl (C=O) groups is 2. The molecule has 2 fully saturated rings. The lowest BCUT2D eigenvalue weighted by molar-refractivity contribution is -0.137. The zero-order valence-corrected chi connectivity index (χ0v) is 14.9. The first-order chi connectivity index (χ1) is 11.5. The number of carbonyl (C=O) groups excluding carboxylic acids is 2. The van der Waals surface area contributed by atoms with Crippen LogP contribution in [0.25, 0.3) is 0 Å². The Labute approximate surface area is 144 Å². The van der Waals surface area contributed by atoms with E-state index >= 15 is 0 Å². The van der Waals surface area contributed by atoms with Gasteiger partial charge in [-0.25, -0.2) is 0 Å². The molecule has 1 aromatic carbocycles. The standard InChI is InChI=1S/C19H27N3O2/c1-14-5-4-10-21(12-14)19(24)15-11-18(23)22(13-15)17-8-6-16(7-9-17)20(2)3/h6-9,14-15H,4-5,10-13H2,1-3H3. The molecule has 2 saturated heterocycles. The van der Waals surface area contributed by atoms with Gasteiger partial charge in [-0.1, -0.05) is 6.92 Å². The lowest BCUT2D eigenvalue weighted by Gasteiger charge is -2.32. The summed E-state index contributed by atoms with van der Waals surface area (Å²) in [6, 6.07) is 7.93. The van der Waals surface area contributed by atoms with Crippen molar-refractivity contribution in [3.63, 3.8) is 0 Å². The Morgan fingerprint density at radius 2 is 1.88 bits per heavy atom. The first-order valence-electron chi connectivity index (χ1n) is 8.82. The molecule has 2 amide bonds. The third-order valence-electron chi connectivity index (χ3n) is 5.12. The van der Waals surface area contributed by atoms with Gasteiger partial charge in [0.05, 0.1) is 5.92 Å². The largest absolute Gasteiger partial charge is 0.378 e. The minimum absolute atomic E-state index is 0.0519. The van der Waals surface area contributed by atoms with E-state index < -0.39 is 0 Å². The molecule has 0 N–H and O–H groups in total. The molecule has 2 aliphatic rings. The lowest BCUT2D eigenvalue weighted by atomic mass is 9.98. The fourth-order valence-corrected chi connectivity index (χ4v) is 3.70. The minimum Gasteiger partial charge on any atom is -0.378 e. The van der Waals surface area contributed by atoms with Crippen molar-refractivity contribution in [2.24, 2.45) is 11.8 Å². The van der Waals surface area contributed by atoms with Crippen molar-refractivity contribution >= 4 is 23.2 Å². The summed E-state index contributed by atoms with van der Waals surface area (Å²) in [5.74, 6) is 0.573. The number of hydrogen-bond donors (Lipinski definition) is 0. The van der Waals surface area contributed by atoms with E-state index in [0.717, 1.165) is 30.9 Å². The maximum Gasteiger partial charge on any atom is 0.228 e. The number of rotatable bonds is 3. The van der Waals surface area contributed by atoms with Gasteiger partial charge in [0.25, 0.3) is 0 Å². The fourth-order valence-electron chi connectivity index (χ4n) is 3.70. The molecular formula is C19H27N3O2. The van der Waals surface area contributed by atoms with Crippen LogP contribution in [0.5, 0.6) is 0 Å². The van der Waals surface area contributed by atoms with Crippen molar-refractivity contribution in [3.05, 3.63) is 24.3 Å². The number of hydrogen-bond acceptors (Lipinski definition) is 3. The zero-order chi connectivity index (χ0) is 17.3. The van der Waals surface area contributed by atoms with Crippen LogP contribution < -0.4 is 9.80 Å². The van der Waals surface area contributed by atoms with Gasteiger partial charge in [0.15, 0.2) is 0 Å². The normalized spacial score (nSPS) is 24.4. The van der Waals surface area contributed by atoms with Crippen molar-refractivity contribution in [3.8, 4) is 0 Å². The fraction of sp³-hybridized carbons (Fsp3) is 0.579. The summed E-state index contributed by atoms with van der Waals surface area (Å²) in [6.07, 6.45) is 2.60. The predicted molar refractivity (Wildman–Crippen MR) is 96.2 cm³/mol. The van der Waals surface area contributed by atoms with Crippen molar-refractivity contribution in [2.45, 2.75) is 26.2 Å². The molecule has 5 heteroatoms. The van der Waals surface area contributed by atoms with Gasteiger partial charge in [-0.15, -0.1) is 0 Å². The summed E-state index contributed by atoms with van der Waals surface area (Å²) in [5.41, 5.74) is 1.98. The van der Waals surface area contributed by atoms with Crippen LogP contribution in [-0.4, -0.2) is 50.4 Å². The van der Waals surface area contributed by atoms with Crippen LogP contribution in [0.3, 0.4) is 0 Å². The third-order valence-corrected chi connectivity index (χ3v) is 5.12. The van der Waals surface area contributed by atoms with Gasteiger partial charge in [0.2, 0.25) is 11.8 Å². The van der Waals surface area contributed by atoms with Gasteiger partial charge in [0, 0.05) is 51.5 Å². The molecule has 3 rings (SSSR count). The molecule has 0 aromatic heterocycles. The number of benzene rings is 1. The van der Waals surface area contributed by atoms with Crippen molar-refractivity contribution in [2.75, 3.05) is 43.5 Å². The summed E-state index contributed by atoms with van der Waals surface area (Å²) < 4.78 is 0. The second-order valence-corrected chi connectivity index (χ2v) is 7.35. The molecule has 0 bridgehead atoms. The molecule has 24 heavy (non-hydrogen) atoms. The van der Waals surface area contributed by atoms with Crippen LogP contribution in [0.15, 0.2) is 24.3 Å².